The molecule has 2 aromatic carbocycles. The van der Waals surface area contributed by atoms with E-state index in [0.29, 0.717) is 24.8 Å². The second kappa shape index (κ2) is 10.6. The number of benzene rings is 2. The van der Waals surface area contributed by atoms with Crippen molar-refractivity contribution in [2.24, 2.45) is 4.99 Å². The summed E-state index contributed by atoms with van der Waals surface area (Å²) >= 11 is 0. The van der Waals surface area contributed by atoms with Crippen LogP contribution in [0.1, 0.15) is 6.92 Å². The molecular weight excluding hydrogens is 383 g/mol. The van der Waals surface area contributed by atoms with Crippen LogP contribution in [0.4, 0.5) is 4.39 Å². The lowest BCUT2D eigenvalue weighted by Gasteiger charge is -2.18. The number of rotatable bonds is 9. The lowest BCUT2D eigenvalue weighted by Crippen LogP contribution is -2.44. The summed E-state index contributed by atoms with van der Waals surface area (Å²) < 4.78 is 45.4. The first-order chi connectivity index (χ1) is 13.4. The molecule has 0 radical (unpaired) electrons. The molecule has 0 bridgehead atoms. The first-order valence-electron chi connectivity index (χ1n) is 8.82. The summed E-state index contributed by atoms with van der Waals surface area (Å²) in [5.74, 6) is 0.785. The SMILES string of the molecule is CN=C(NCCNS(=O)(=O)c1ccccc1)NCC(C)Oc1ccc(F)cc1. The first kappa shape index (κ1) is 21.6. The Balaban J connectivity index is 1.70. The largest absolute Gasteiger partial charge is 0.489 e. The van der Waals surface area contributed by atoms with Gasteiger partial charge in [-0.1, -0.05) is 18.2 Å². The van der Waals surface area contributed by atoms with E-state index in [-0.39, 0.29) is 23.4 Å². The average molecular weight is 408 g/mol. The van der Waals surface area contributed by atoms with E-state index in [1.807, 2.05) is 6.92 Å². The summed E-state index contributed by atoms with van der Waals surface area (Å²) in [4.78, 5) is 4.31. The molecule has 0 heterocycles. The van der Waals surface area contributed by atoms with Gasteiger partial charge in [-0.05, 0) is 43.3 Å². The van der Waals surface area contributed by atoms with Crippen LogP contribution >= 0.6 is 0 Å². The minimum atomic E-state index is -3.53. The Kier molecular flexibility index (Phi) is 8.21. The van der Waals surface area contributed by atoms with Gasteiger partial charge >= 0.3 is 0 Å². The summed E-state index contributed by atoms with van der Waals surface area (Å²) in [6, 6.07) is 14.0. The highest BCUT2D eigenvalue weighted by Crippen LogP contribution is 2.12. The fourth-order valence-corrected chi connectivity index (χ4v) is 3.35. The van der Waals surface area contributed by atoms with Crippen LogP contribution in [0.5, 0.6) is 5.75 Å². The molecule has 0 aliphatic heterocycles. The quantitative estimate of drug-likeness (QED) is 0.334. The molecule has 152 valence electrons. The van der Waals surface area contributed by atoms with Gasteiger partial charge in [-0.25, -0.2) is 17.5 Å². The van der Waals surface area contributed by atoms with E-state index in [1.54, 1.807) is 49.5 Å². The van der Waals surface area contributed by atoms with Gasteiger partial charge < -0.3 is 15.4 Å². The van der Waals surface area contributed by atoms with Gasteiger partial charge in [0.2, 0.25) is 10.0 Å². The Hall–Kier alpha value is -2.65. The third-order valence-electron chi connectivity index (χ3n) is 3.69. The van der Waals surface area contributed by atoms with Gasteiger partial charge in [-0.15, -0.1) is 0 Å². The van der Waals surface area contributed by atoms with Crippen molar-refractivity contribution in [3.8, 4) is 5.75 Å². The zero-order valence-corrected chi connectivity index (χ0v) is 16.7. The number of hydrogen-bond donors (Lipinski definition) is 3. The highest BCUT2D eigenvalue weighted by molar-refractivity contribution is 7.89. The van der Waals surface area contributed by atoms with E-state index in [2.05, 4.69) is 20.3 Å². The number of ether oxygens (including phenoxy) is 1. The Bertz CT molecular complexity index is 859. The zero-order chi connectivity index (χ0) is 20.4. The van der Waals surface area contributed by atoms with Crippen molar-refractivity contribution in [3.63, 3.8) is 0 Å². The van der Waals surface area contributed by atoms with Crippen molar-refractivity contribution in [3.05, 3.63) is 60.4 Å². The lowest BCUT2D eigenvalue weighted by molar-refractivity contribution is 0.223. The maximum atomic E-state index is 12.9. The number of aliphatic imine (C=N–C) groups is 1. The number of halogens is 1. The van der Waals surface area contributed by atoms with Crippen LogP contribution in [0, 0.1) is 5.82 Å². The van der Waals surface area contributed by atoms with Crippen LogP contribution in [0.2, 0.25) is 0 Å². The molecule has 1 unspecified atom stereocenters. The van der Waals surface area contributed by atoms with Crippen LogP contribution in [0.3, 0.4) is 0 Å². The van der Waals surface area contributed by atoms with Crippen molar-refractivity contribution >= 4 is 16.0 Å². The van der Waals surface area contributed by atoms with Gasteiger partial charge in [0.25, 0.3) is 0 Å². The molecule has 1 atom stereocenters. The molecule has 2 rings (SSSR count). The molecule has 0 spiro atoms. The van der Waals surface area contributed by atoms with Crippen molar-refractivity contribution < 1.29 is 17.5 Å². The summed E-state index contributed by atoms with van der Waals surface area (Å²) in [5.41, 5.74) is 0. The normalized spacial score (nSPS) is 13.0. The maximum Gasteiger partial charge on any atom is 0.240 e. The monoisotopic (exact) mass is 408 g/mol. The van der Waals surface area contributed by atoms with Crippen molar-refractivity contribution in [1.29, 1.82) is 0 Å². The molecular formula is C19H25FN4O3S. The minimum absolute atomic E-state index is 0.180. The van der Waals surface area contributed by atoms with Crippen LogP contribution in [-0.4, -0.2) is 47.2 Å². The first-order valence-corrected chi connectivity index (χ1v) is 10.3. The van der Waals surface area contributed by atoms with Gasteiger partial charge in [-0.3, -0.25) is 4.99 Å². The summed E-state index contributed by atoms with van der Waals surface area (Å²) in [5, 5.41) is 6.12. The third-order valence-corrected chi connectivity index (χ3v) is 5.17. The number of hydrogen-bond acceptors (Lipinski definition) is 4. The highest BCUT2D eigenvalue weighted by Gasteiger charge is 2.12. The topological polar surface area (TPSA) is 91.8 Å². The predicted octanol–water partition coefficient (Wildman–Crippen LogP) is 1.74. The van der Waals surface area contributed by atoms with E-state index in [4.69, 9.17) is 4.74 Å². The van der Waals surface area contributed by atoms with Crippen LogP contribution < -0.4 is 20.1 Å². The number of sulfonamides is 1. The van der Waals surface area contributed by atoms with Crippen LogP contribution in [-0.2, 0) is 10.0 Å². The number of guanidine groups is 1. The zero-order valence-electron chi connectivity index (χ0n) is 15.9. The van der Waals surface area contributed by atoms with Gasteiger partial charge in [0, 0.05) is 20.1 Å². The highest BCUT2D eigenvalue weighted by atomic mass is 32.2. The summed E-state index contributed by atoms with van der Waals surface area (Å²) in [7, 11) is -1.91. The van der Waals surface area contributed by atoms with E-state index < -0.39 is 10.0 Å². The number of nitrogens with zero attached hydrogens (tertiary/aromatic N) is 1. The smallest absolute Gasteiger partial charge is 0.240 e. The molecule has 0 aliphatic rings. The van der Waals surface area contributed by atoms with Gasteiger partial charge in [0.1, 0.15) is 17.7 Å². The Labute approximate surface area is 165 Å². The maximum absolute atomic E-state index is 12.9. The molecule has 0 saturated heterocycles. The second-order valence-electron chi connectivity index (χ2n) is 5.97. The summed E-state index contributed by atoms with van der Waals surface area (Å²) in [6.07, 6.45) is -0.180. The van der Waals surface area contributed by atoms with Gasteiger partial charge in [0.05, 0.1) is 11.4 Å². The molecule has 0 aliphatic carbocycles. The third kappa shape index (κ3) is 7.16. The minimum Gasteiger partial charge on any atom is -0.489 e. The lowest BCUT2D eigenvalue weighted by atomic mass is 10.3. The molecule has 9 heteroatoms. The molecule has 28 heavy (non-hydrogen) atoms. The predicted molar refractivity (Wildman–Crippen MR) is 107 cm³/mol. The fraction of sp³-hybridized carbons (Fsp3) is 0.316. The van der Waals surface area contributed by atoms with Crippen molar-refractivity contribution in [1.82, 2.24) is 15.4 Å². The van der Waals surface area contributed by atoms with Crippen molar-refractivity contribution in [2.45, 2.75) is 17.9 Å². The Morgan fingerprint density at radius 2 is 1.75 bits per heavy atom. The Morgan fingerprint density at radius 1 is 1.07 bits per heavy atom. The van der Waals surface area contributed by atoms with E-state index in [1.165, 1.54) is 12.1 Å². The number of nitrogens with one attached hydrogen (secondary N) is 3. The molecule has 2 aromatic rings. The molecule has 0 aromatic heterocycles. The molecule has 0 amide bonds. The Morgan fingerprint density at radius 3 is 2.39 bits per heavy atom. The van der Waals surface area contributed by atoms with Crippen LogP contribution in [0.15, 0.2) is 64.5 Å². The van der Waals surface area contributed by atoms with Crippen molar-refractivity contribution in [2.75, 3.05) is 26.7 Å². The molecule has 3 N–H and O–H groups in total. The van der Waals surface area contributed by atoms with Crippen LogP contribution in [0.25, 0.3) is 0 Å². The van der Waals surface area contributed by atoms with E-state index in [9.17, 15) is 12.8 Å². The fourth-order valence-electron chi connectivity index (χ4n) is 2.30. The summed E-state index contributed by atoms with van der Waals surface area (Å²) in [6.45, 7) is 2.91. The van der Waals surface area contributed by atoms with Gasteiger partial charge in [0.15, 0.2) is 5.96 Å². The standard InChI is InChI=1S/C19H25FN4O3S/c1-15(27-17-10-8-16(20)9-11-17)14-23-19(21-2)22-12-13-24-28(25,26)18-6-4-3-5-7-18/h3-11,15,24H,12-14H2,1-2H3,(H2,21,22,23). The van der Waals surface area contributed by atoms with E-state index >= 15 is 0 Å². The molecule has 0 fully saturated rings. The second-order valence-corrected chi connectivity index (χ2v) is 7.74. The molecule has 7 nitrogen and oxygen atoms in total. The molecule has 0 saturated carbocycles. The van der Waals surface area contributed by atoms with E-state index in [0.717, 1.165) is 0 Å². The van der Waals surface area contributed by atoms with Gasteiger partial charge in [-0.2, -0.15) is 0 Å². The average Bonchev–Trinajstić information content (AvgIpc) is 2.70.